The van der Waals surface area contributed by atoms with Gasteiger partial charge in [-0.3, -0.25) is 4.79 Å². The van der Waals surface area contributed by atoms with E-state index < -0.39 is 6.04 Å². The van der Waals surface area contributed by atoms with Crippen molar-refractivity contribution < 1.29 is 9.90 Å². The van der Waals surface area contributed by atoms with Crippen molar-refractivity contribution in [2.45, 2.75) is 51.1 Å². The van der Waals surface area contributed by atoms with Crippen molar-refractivity contribution in [2.75, 3.05) is 6.61 Å². The first-order valence-corrected chi connectivity index (χ1v) is 14.0. The second-order valence-electron chi connectivity index (χ2n) is 10.8. The maximum atomic E-state index is 13.7. The largest absolute Gasteiger partial charge is 0.394 e. The fourth-order valence-corrected chi connectivity index (χ4v) is 6.40. The molecule has 0 bridgehead atoms. The van der Waals surface area contributed by atoms with Crippen LogP contribution in [0.5, 0.6) is 0 Å². The zero-order valence-corrected chi connectivity index (χ0v) is 22.4. The van der Waals surface area contributed by atoms with Crippen LogP contribution in [0.3, 0.4) is 0 Å². The van der Waals surface area contributed by atoms with Crippen molar-refractivity contribution in [1.29, 1.82) is 0 Å². The van der Waals surface area contributed by atoms with Crippen molar-refractivity contribution in [3.8, 4) is 0 Å². The van der Waals surface area contributed by atoms with Crippen LogP contribution in [-0.4, -0.2) is 27.2 Å². The Morgan fingerprint density at radius 3 is 2.41 bits per heavy atom. The Hall–Kier alpha value is -3.96. The quantitative estimate of drug-likeness (QED) is 0.242. The SMILES string of the molecule is Cc1ccnc2c1c1ccccc1n2Cc1ccc([C@@H](C(=O)N[C@@H](CO)c2ccccc2)C2CCCC2)cc1. The van der Waals surface area contributed by atoms with Gasteiger partial charge in [-0.1, -0.05) is 85.6 Å². The molecule has 0 aliphatic heterocycles. The van der Waals surface area contributed by atoms with Gasteiger partial charge in [-0.15, -0.1) is 0 Å². The zero-order valence-electron chi connectivity index (χ0n) is 22.4. The van der Waals surface area contributed by atoms with E-state index in [-0.39, 0.29) is 18.4 Å². The first-order valence-electron chi connectivity index (χ1n) is 14.0. The lowest BCUT2D eigenvalue weighted by atomic mass is 9.83. The molecular formula is C34H35N3O2. The van der Waals surface area contributed by atoms with Gasteiger partial charge in [0.25, 0.3) is 0 Å². The summed E-state index contributed by atoms with van der Waals surface area (Å²) >= 11 is 0. The minimum atomic E-state index is -0.409. The lowest BCUT2D eigenvalue weighted by Gasteiger charge is -2.26. The molecule has 0 spiro atoms. The maximum absolute atomic E-state index is 13.7. The van der Waals surface area contributed by atoms with Gasteiger partial charge in [-0.05, 0) is 60.1 Å². The van der Waals surface area contributed by atoms with E-state index >= 15 is 0 Å². The predicted octanol–water partition coefficient (Wildman–Crippen LogP) is 6.67. The topological polar surface area (TPSA) is 67.2 Å². The van der Waals surface area contributed by atoms with E-state index in [9.17, 15) is 9.90 Å². The van der Waals surface area contributed by atoms with Crippen LogP contribution in [0.1, 0.15) is 59.9 Å². The summed E-state index contributed by atoms with van der Waals surface area (Å²) in [4.78, 5) is 18.5. The van der Waals surface area contributed by atoms with E-state index in [0.717, 1.165) is 42.5 Å². The molecule has 5 nitrogen and oxygen atoms in total. The van der Waals surface area contributed by atoms with Gasteiger partial charge in [0.2, 0.25) is 5.91 Å². The van der Waals surface area contributed by atoms with Crippen molar-refractivity contribution in [1.82, 2.24) is 14.9 Å². The first-order chi connectivity index (χ1) is 19.1. The molecule has 198 valence electrons. The number of aromatic nitrogens is 2. The highest BCUT2D eigenvalue weighted by atomic mass is 16.3. The van der Waals surface area contributed by atoms with Crippen LogP contribution in [0, 0.1) is 12.8 Å². The van der Waals surface area contributed by atoms with Crippen LogP contribution in [-0.2, 0) is 11.3 Å². The molecule has 2 N–H and O–H groups in total. The van der Waals surface area contributed by atoms with Gasteiger partial charge >= 0.3 is 0 Å². The Kier molecular flexibility index (Phi) is 7.16. The number of hydrogen-bond donors (Lipinski definition) is 2. The van der Waals surface area contributed by atoms with E-state index in [1.807, 2.05) is 36.5 Å². The van der Waals surface area contributed by atoms with Crippen LogP contribution in [0.2, 0.25) is 0 Å². The summed E-state index contributed by atoms with van der Waals surface area (Å²) in [5.41, 5.74) is 6.55. The predicted molar refractivity (Wildman–Crippen MR) is 157 cm³/mol. The van der Waals surface area contributed by atoms with Gasteiger partial charge < -0.3 is 15.0 Å². The van der Waals surface area contributed by atoms with E-state index in [0.29, 0.717) is 12.5 Å². The summed E-state index contributed by atoms with van der Waals surface area (Å²) in [6, 6.07) is 28.4. The third kappa shape index (κ3) is 4.95. The summed E-state index contributed by atoms with van der Waals surface area (Å²) in [5.74, 6) is 0.0898. The van der Waals surface area contributed by atoms with Gasteiger partial charge in [0.15, 0.2) is 0 Å². The Morgan fingerprint density at radius 2 is 1.67 bits per heavy atom. The highest BCUT2D eigenvalue weighted by molar-refractivity contribution is 6.08. The number of nitrogens with one attached hydrogen (secondary N) is 1. The summed E-state index contributed by atoms with van der Waals surface area (Å²) in [6.45, 7) is 2.73. The van der Waals surface area contributed by atoms with Crippen LogP contribution < -0.4 is 5.32 Å². The second-order valence-corrected chi connectivity index (χ2v) is 10.8. The van der Waals surface area contributed by atoms with Gasteiger partial charge in [0.05, 0.1) is 24.1 Å². The molecule has 1 amide bonds. The van der Waals surface area contributed by atoms with Crippen molar-refractivity contribution in [2.24, 2.45) is 5.92 Å². The smallest absolute Gasteiger partial charge is 0.228 e. The fraction of sp³-hybridized carbons (Fsp3) is 0.294. The summed E-state index contributed by atoms with van der Waals surface area (Å²) in [6.07, 6.45) is 6.32. The van der Waals surface area contributed by atoms with Crippen LogP contribution in [0.25, 0.3) is 21.9 Å². The van der Waals surface area contributed by atoms with Crippen molar-refractivity contribution in [3.05, 3.63) is 113 Å². The first kappa shape index (κ1) is 25.3. The number of pyridine rings is 1. The number of carbonyl (C=O) groups is 1. The molecule has 39 heavy (non-hydrogen) atoms. The Bertz CT molecular complexity index is 1580. The average Bonchev–Trinajstić information content (AvgIpc) is 3.61. The van der Waals surface area contributed by atoms with E-state index in [1.165, 1.54) is 27.4 Å². The third-order valence-corrected chi connectivity index (χ3v) is 8.39. The molecule has 2 atom stereocenters. The van der Waals surface area contributed by atoms with Crippen LogP contribution in [0.4, 0.5) is 0 Å². The molecule has 3 aromatic carbocycles. The number of rotatable bonds is 8. The molecule has 6 rings (SSSR count). The molecule has 1 fully saturated rings. The third-order valence-electron chi connectivity index (χ3n) is 8.39. The van der Waals surface area contributed by atoms with Crippen LogP contribution in [0.15, 0.2) is 91.1 Å². The summed E-state index contributed by atoms with van der Waals surface area (Å²) in [5, 5.41) is 15.6. The standard InChI is InChI=1S/C34H35N3O2/c1-23-19-20-35-33-31(23)28-13-7-8-14-30(28)37(33)21-24-15-17-27(18-16-24)32(26-11-5-6-12-26)34(39)36-29(22-38)25-9-3-2-4-10-25/h2-4,7-10,13-20,26,29,32,38H,5-6,11-12,21-22H2,1H3,(H,36,39)/t29-,32-/m0/s1. The van der Waals surface area contributed by atoms with Gasteiger partial charge in [0.1, 0.15) is 5.65 Å². The van der Waals surface area contributed by atoms with Crippen molar-refractivity contribution >= 4 is 27.8 Å². The molecular weight excluding hydrogens is 482 g/mol. The normalized spacial score (nSPS) is 15.5. The number of benzene rings is 3. The maximum Gasteiger partial charge on any atom is 0.228 e. The number of aryl methyl sites for hydroxylation is 1. The number of para-hydroxylation sites is 1. The van der Waals surface area contributed by atoms with E-state index in [1.54, 1.807) is 0 Å². The number of hydrogen-bond acceptors (Lipinski definition) is 3. The molecule has 0 radical (unpaired) electrons. The molecule has 1 saturated carbocycles. The minimum absolute atomic E-state index is 0.000346. The molecule has 5 heteroatoms. The van der Waals surface area contributed by atoms with Crippen molar-refractivity contribution in [3.63, 3.8) is 0 Å². The zero-order chi connectivity index (χ0) is 26.8. The van der Waals surface area contributed by atoms with E-state index in [2.05, 4.69) is 71.4 Å². The van der Waals surface area contributed by atoms with Gasteiger partial charge in [-0.25, -0.2) is 4.98 Å². The molecule has 2 aromatic heterocycles. The molecule has 1 aliphatic carbocycles. The summed E-state index contributed by atoms with van der Waals surface area (Å²) in [7, 11) is 0. The number of aliphatic hydroxyl groups is 1. The Labute approximate surface area is 229 Å². The van der Waals surface area contributed by atoms with Gasteiger partial charge in [0, 0.05) is 23.5 Å². The number of amides is 1. The highest BCUT2D eigenvalue weighted by Crippen LogP contribution is 2.38. The molecule has 1 aliphatic rings. The number of aliphatic hydroxyl groups excluding tert-OH is 1. The highest BCUT2D eigenvalue weighted by Gasteiger charge is 2.33. The van der Waals surface area contributed by atoms with Crippen LogP contribution >= 0.6 is 0 Å². The Morgan fingerprint density at radius 1 is 0.949 bits per heavy atom. The molecule has 0 saturated heterocycles. The lowest BCUT2D eigenvalue weighted by molar-refractivity contribution is -0.124. The average molecular weight is 518 g/mol. The molecule has 2 heterocycles. The molecule has 5 aromatic rings. The monoisotopic (exact) mass is 517 g/mol. The minimum Gasteiger partial charge on any atom is -0.394 e. The summed E-state index contributed by atoms with van der Waals surface area (Å²) < 4.78 is 2.29. The molecule has 0 unspecified atom stereocenters. The van der Waals surface area contributed by atoms with E-state index in [4.69, 9.17) is 4.98 Å². The van der Waals surface area contributed by atoms with Gasteiger partial charge in [-0.2, -0.15) is 0 Å². The second kappa shape index (κ2) is 11.0. The number of fused-ring (bicyclic) bond motifs is 3. The number of carbonyl (C=O) groups excluding carboxylic acids is 1. The lowest BCUT2D eigenvalue weighted by Crippen LogP contribution is -2.37. The Balaban J connectivity index is 1.29. The fourth-order valence-electron chi connectivity index (χ4n) is 6.40. The number of nitrogens with zero attached hydrogens (tertiary/aromatic N) is 2.